The summed E-state index contributed by atoms with van der Waals surface area (Å²) in [7, 11) is 1.97. The molecule has 1 aliphatic rings. The van der Waals surface area contributed by atoms with Gasteiger partial charge < -0.3 is 5.32 Å². The van der Waals surface area contributed by atoms with Gasteiger partial charge in [0, 0.05) is 18.1 Å². The highest BCUT2D eigenvalue weighted by atomic mass is 32.1. The molecular formula is C13H17N3S. The Bertz CT molecular complexity index is 527. The van der Waals surface area contributed by atoms with Gasteiger partial charge in [-0.15, -0.1) is 11.3 Å². The van der Waals surface area contributed by atoms with Gasteiger partial charge in [-0.3, -0.25) is 4.68 Å². The Labute approximate surface area is 105 Å². The Morgan fingerprint density at radius 3 is 3.18 bits per heavy atom. The van der Waals surface area contributed by atoms with E-state index in [9.17, 15) is 0 Å². The molecule has 1 unspecified atom stereocenters. The number of fused-ring (bicyclic) bond motifs is 1. The zero-order valence-corrected chi connectivity index (χ0v) is 11.0. The molecule has 0 radical (unpaired) electrons. The van der Waals surface area contributed by atoms with E-state index in [1.54, 1.807) is 4.88 Å². The summed E-state index contributed by atoms with van der Waals surface area (Å²) in [6.07, 6.45) is 5.82. The van der Waals surface area contributed by atoms with Crippen LogP contribution in [-0.2, 0) is 13.5 Å². The minimum atomic E-state index is 0.466. The van der Waals surface area contributed by atoms with E-state index < -0.39 is 0 Å². The van der Waals surface area contributed by atoms with Gasteiger partial charge in [0.05, 0.1) is 17.4 Å². The predicted octanol–water partition coefficient (Wildman–Crippen LogP) is 3.28. The molecule has 0 spiro atoms. The molecule has 3 nitrogen and oxygen atoms in total. The average molecular weight is 247 g/mol. The monoisotopic (exact) mass is 247 g/mol. The fourth-order valence-electron chi connectivity index (χ4n) is 2.57. The Kier molecular flexibility index (Phi) is 2.67. The van der Waals surface area contributed by atoms with Crippen molar-refractivity contribution in [3.05, 3.63) is 33.8 Å². The van der Waals surface area contributed by atoms with Gasteiger partial charge in [0.1, 0.15) is 0 Å². The van der Waals surface area contributed by atoms with Crippen LogP contribution in [0.4, 0.5) is 5.69 Å². The largest absolute Gasteiger partial charge is 0.375 e. The molecule has 3 rings (SSSR count). The van der Waals surface area contributed by atoms with Crippen molar-refractivity contribution >= 4 is 17.0 Å². The Morgan fingerprint density at radius 2 is 2.41 bits per heavy atom. The summed E-state index contributed by atoms with van der Waals surface area (Å²) in [5, 5.41) is 10.2. The third-order valence-electron chi connectivity index (χ3n) is 3.40. The van der Waals surface area contributed by atoms with Gasteiger partial charge in [-0.1, -0.05) is 0 Å². The number of aromatic nitrogens is 2. The second kappa shape index (κ2) is 4.18. The molecule has 90 valence electrons. The lowest BCUT2D eigenvalue weighted by molar-refractivity contribution is 0.608. The lowest BCUT2D eigenvalue weighted by Gasteiger charge is -2.24. The van der Waals surface area contributed by atoms with Crippen molar-refractivity contribution < 1.29 is 0 Å². The van der Waals surface area contributed by atoms with Crippen LogP contribution in [0.15, 0.2) is 17.6 Å². The normalized spacial score (nSPS) is 19.1. The van der Waals surface area contributed by atoms with Crippen LogP contribution in [-0.4, -0.2) is 9.78 Å². The first kappa shape index (κ1) is 10.8. The fraction of sp³-hybridized carbons (Fsp3) is 0.462. The Morgan fingerprint density at radius 1 is 1.53 bits per heavy atom. The van der Waals surface area contributed by atoms with Crippen molar-refractivity contribution in [3.63, 3.8) is 0 Å². The highest BCUT2D eigenvalue weighted by molar-refractivity contribution is 7.10. The summed E-state index contributed by atoms with van der Waals surface area (Å²) < 4.78 is 1.87. The van der Waals surface area contributed by atoms with Crippen LogP contribution < -0.4 is 5.32 Å². The third kappa shape index (κ3) is 1.97. The van der Waals surface area contributed by atoms with Gasteiger partial charge in [0.15, 0.2) is 0 Å². The lowest BCUT2D eigenvalue weighted by atomic mass is 9.94. The van der Waals surface area contributed by atoms with Crippen LogP contribution in [0.2, 0.25) is 0 Å². The predicted molar refractivity (Wildman–Crippen MR) is 71.6 cm³/mol. The molecule has 0 saturated carbocycles. The summed E-state index contributed by atoms with van der Waals surface area (Å²) in [5.41, 5.74) is 3.73. The van der Waals surface area contributed by atoms with Gasteiger partial charge in [0.2, 0.25) is 0 Å². The van der Waals surface area contributed by atoms with E-state index in [-0.39, 0.29) is 0 Å². The number of rotatable bonds is 2. The first-order chi connectivity index (χ1) is 8.24. The second-order valence-corrected chi connectivity index (χ2v) is 5.69. The number of aryl methyl sites for hydroxylation is 3. The molecule has 2 aromatic heterocycles. The first-order valence-electron chi connectivity index (χ1n) is 6.07. The first-order valence-corrected chi connectivity index (χ1v) is 6.95. The molecule has 2 aromatic rings. The van der Waals surface area contributed by atoms with Crippen LogP contribution in [0.25, 0.3) is 0 Å². The summed E-state index contributed by atoms with van der Waals surface area (Å²) in [6.45, 7) is 2.06. The SMILES string of the molecule is Cc1nn(C)cc1NC1CCCc2sccc21. The standard InChI is InChI=1S/C13H17N3S/c1-9-12(8-16(2)15-9)14-11-4-3-5-13-10(11)6-7-17-13/h6-8,11,14H,3-5H2,1-2H3. The second-order valence-electron chi connectivity index (χ2n) is 4.69. The van der Waals surface area contributed by atoms with E-state index in [4.69, 9.17) is 0 Å². The van der Waals surface area contributed by atoms with Gasteiger partial charge in [-0.2, -0.15) is 5.10 Å². The van der Waals surface area contributed by atoms with Gasteiger partial charge in [0.25, 0.3) is 0 Å². The maximum Gasteiger partial charge on any atom is 0.0825 e. The number of thiophene rings is 1. The fourth-order valence-corrected chi connectivity index (χ4v) is 3.55. The molecule has 0 aliphatic heterocycles. The molecule has 0 bridgehead atoms. The molecule has 2 heterocycles. The molecule has 0 amide bonds. The Hall–Kier alpha value is -1.29. The zero-order chi connectivity index (χ0) is 11.8. The molecule has 0 fully saturated rings. The lowest BCUT2D eigenvalue weighted by Crippen LogP contribution is -2.15. The van der Waals surface area contributed by atoms with E-state index in [1.165, 1.54) is 24.8 Å². The van der Waals surface area contributed by atoms with E-state index in [0.29, 0.717) is 6.04 Å². The highest BCUT2D eigenvalue weighted by Crippen LogP contribution is 2.35. The maximum absolute atomic E-state index is 4.38. The van der Waals surface area contributed by atoms with E-state index >= 15 is 0 Å². The van der Waals surface area contributed by atoms with Crippen molar-refractivity contribution in [2.45, 2.75) is 32.2 Å². The minimum Gasteiger partial charge on any atom is -0.375 e. The molecule has 1 N–H and O–H groups in total. The number of anilines is 1. The van der Waals surface area contributed by atoms with Crippen molar-refractivity contribution in [1.82, 2.24) is 9.78 Å². The van der Waals surface area contributed by atoms with Crippen molar-refractivity contribution in [1.29, 1.82) is 0 Å². The molecule has 17 heavy (non-hydrogen) atoms. The molecule has 0 saturated heterocycles. The summed E-state index contributed by atoms with van der Waals surface area (Å²) in [4.78, 5) is 1.55. The molecular weight excluding hydrogens is 230 g/mol. The molecule has 4 heteroatoms. The van der Waals surface area contributed by atoms with E-state index in [0.717, 1.165) is 11.4 Å². The third-order valence-corrected chi connectivity index (χ3v) is 4.39. The van der Waals surface area contributed by atoms with Crippen LogP contribution in [0.5, 0.6) is 0 Å². The quantitative estimate of drug-likeness (QED) is 0.882. The summed E-state index contributed by atoms with van der Waals surface area (Å²) in [5.74, 6) is 0. The van der Waals surface area contributed by atoms with Gasteiger partial charge >= 0.3 is 0 Å². The molecule has 0 aromatic carbocycles. The minimum absolute atomic E-state index is 0.466. The maximum atomic E-state index is 4.38. The van der Waals surface area contributed by atoms with Crippen molar-refractivity contribution in [3.8, 4) is 0 Å². The highest BCUT2D eigenvalue weighted by Gasteiger charge is 2.21. The Balaban J connectivity index is 1.86. The average Bonchev–Trinajstić information content (AvgIpc) is 2.87. The van der Waals surface area contributed by atoms with E-state index in [2.05, 4.69) is 35.0 Å². The van der Waals surface area contributed by atoms with Crippen LogP contribution in [0.1, 0.15) is 35.0 Å². The van der Waals surface area contributed by atoms with Gasteiger partial charge in [-0.25, -0.2) is 0 Å². The summed E-state index contributed by atoms with van der Waals surface area (Å²) in [6, 6.07) is 2.73. The van der Waals surface area contributed by atoms with E-state index in [1.807, 2.05) is 23.1 Å². The van der Waals surface area contributed by atoms with Crippen LogP contribution in [0, 0.1) is 6.92 Å². The number of hydrogen-bond acceptors (Lipinski definition) is 3. The van der Waals surface area contributed by atoms with Crippen molar-refractivity contribution in [2.75, 3.05) is 5.32 Å². The van der Waals surface area contributed by atoms with Crippen molar-refractivity contribution in [2.24, 2.45) is 7.05 Å². The van der Waals surface area contributed by atoms with Crippen LogP contribution >= 0.6 is 11.3 Å². The topological polar surface area (TPSA) is 29.9 Å². The zero-order valence-electron chi connectivity index (χ0n) is 10.2. The number of nitrogens with zero attached hydrogens (tertiary/aromatic N) is 2. The number of hydrogen-bond donors (Lipinski definition) is 1. The molecule has 1 atom stereocenters. The van der Waals surface area contributed by atoms with Gasteiger partial charge in [-0.05, 0) is 43.2 Å². The van der Waals surface area contributed by atoms with Crippen LogP contribution in [0.3, 0.4) is 0 Å². The molecule has 1 aliphatic carbocycles. The summed E-state index contributed by atoms with van der Waals surface area (Å²) >= 11 is 1.89. The number of nitrogens with one attached hydrogen (secondary N) is 1. The smallest absolute Gasteiger partial charge is 0.0825 e.